The molecule has 0 saturated carbocycles. The predicted octanol–water partition coefficient (Wildman–Crippen LogP) is 5.11. The van der Waals surface area contributed by atoms with Crippen molar-refractivity contribution < 1.29 is 27.9 Å². The van der Waals surface area contributed by atoms with Gasteiger partial charge in [0, 0.05) is 34.3 Å². The van der Waals surface area contributed by atoms with E-state index in [4.69, 9.17) is 22.1 Å². The molecule has 8 nitrogen and oxygen atoms in total. The molecule has 1 aromatic heterocycles. The molecule has 0 saturated heterocycles. The number of rotatable bonds is 8. The van der Waals surface area contributed by atoms with Crippen LogP contribution in [0.1, 0.15) is 50.6 Å². The maximum Gasteiger partial charge on any atom is 0.352 e. The summed E-state index contributed by atoms with van der Waals surface area (Å²) in [6.07, 6.45) is 0.420. The lowest BCUT2D eigenvalue weighted by Crippen LogP contribution is -2.10. The van der Waals surface area contributed by atoms with Crippen molar-refractivity contribution >= 4 is 44.3 Å². The van der Waals surface area contributed by atoms with Gasteiger partial charge < -0.3 is 20.6 Å². The minimum Gasteiger partial charge on any atom is -0.477 e. The quantitative estimate of drug-likeness (QED) is 0.264. The Morgan fingerprint density at radius 1 is 1.11 bits per heavy atom. The summed E-state index contributed by atoms with van der Waals surface area (Å²) in [4.78, 5) is 27.9. The third-order valence-corrected chi connectivity index (χ3v) is 7.17. The van der Waals surface area contributed by atoms with Crippen molar-refractivity contribution in [1.29, 1.82) is 0 Å². The van der Waals surface area contributed by atoms with Gasteiger partial charge in [0.1, 0.15) is 11.8 Å². The number of hydrogen-bond donors (Lipinski definition) is 3. The maximum absolute atomic E-state index is 12.7. The molecule has 37 heavy (non-hydrogen) atoms. The highest BCUT2D eigenvalue weighted by atomic mass is 35.5. The Labute approximate surface area is 218 Å². The molecule has 10 heteroatoms. The third-order valence-electron chi connectivity index (χ3n) is 5.99. The predicted molar refractivity (Wildman–Crippen MR) is 142 cm³/mol. The second-order valence-electron chi connectivity index (χ2n) is 8.77. The fourth-order valence-corrected chi connectivity index (χ4v) is 5.35. The molecule has 1 heterocycles. The first-order valence-electron chi connectivity index (χ1n) is 11.3. The lowest BCUT2D eigenvalue weighted by atomic mass is 9.98. The van der Waals surface area contributed by atoms with Crippen molar-refractivity contribution in [2.45, 2.75) is 25.3 Å². The first-order valence-corrected chi connectivity index (χ1v) is 13.8. The number of para-hydroxylation sites is 1. The number of carbonyl (C=O) groups excluding carboxylic acids is 1. The van der Waals surface area contributed by atoms with Crippen LogP contribution in [0.5, 0.6) is 0 Å². The number of nitrogens with two attached hydrogens (primary N) is 1. The van der Waals surface area contributed by atoms with Gasteiger partial charge in [-0.25, -0.2) is 18.0 Å². The van der Waals surface area contributed by atoms with Crippen LogP contribution in [0.15, 0.2) is 60.7 Å². The molecular formula is C27H25ClN2O6S. The van der Waals surface area contributed by atoms with E-state index in [2.05, 4.69) is 4.98 Å². The number of carboxylic acid groups (broad SMARTS) is 1. The molecule has 3 aromatic carbocycles. The minimum atomic E-state index is -3.30. The topological polar surface area (TPSA) is 140 Å². The van der Waals surface area contributed by atoms with Gasteiger partial charge in [-0.05, 0) is 41.8 Å². The molecule has 0 amide bonds. The van der Waals surface area contributed by atoms with E-state index in [0.717, 1.165) is 11.8 Å². The number of esters is 1. The van der Waals surface area contributed by atoms with Crippen molar-refractivity contribution in [3.8, 4) is 11.1 Å². The molecule has 0 aliphatic carbocycles. The highest BCUT2D eigenvalue weighted by Gasteiger charge is 2.24. The average Bonchev–Trinajstić information content (AvgIpc) is 3.24. The Morgan fingerprint density at radius 2 is 1.81 bits per heavy atom. The second-order valence-corrected chi connectivity index (χ2v) is 11.3. The second kappa shape index (κ2) is 10.4. The normalized spacial score (nSPS) is 12.4. The SMILES string of the molecule is C[C@H](OC(=O)c1ccc(CN)cc1)c1cccc2c(-c3ccc(CS(C)(=O)=O)c(Cl)c3)c(C(=O)O)[nH]c12. The first kappa shape index (κ1) is 26.4. The Hall–Kier alpha value is -3.66. The Balaban J connectivity index is 1.74. The number of sulfone groups is 1. The Morgan fingerprint density at radius 3 is 2.41 bits per heavy atom. The third kappa shape index (κ3) is 5.69. The zero-order valence-electron chi connectivity index (χ0n) is 20.1. The summed E-state index contributed by atoms with van der Waals surface area (Å²) < 4.78 is 29.1. The Bertz CT molecular complexity index is 1610. The van der Waals surface area contributed by atoms with Crippen molar-refractivity contribution in [3.63, 3.8) is 0 Å². The number of aromatic carboxylic acids is 1. The molecule has 4 N–H and O–H groups in total. The summed E-state index contributed by atoms with van der Waals surface area (Å²) >= 11 is 6.37. The number of benzene rings is 3. The highest BCUT2D eigenvalue weighted by molar-refractivity contribution is 7.89. The van der Waals surface area contributed by atoms with Crippen LogP contribution in [0, 0.1) is 0 Å². The average molecular weight is 541 g/mol. The van der Waals surface area contributed by atoms with E-state index in [-0.39, 0.29) is 16.5 Å². The molecule has 0 radical (unpaired) electrons. The Kier molecular flexibility index (Phi) is 7.40. The monoisotopic (exact) mass is 540 g/mol. The molecule has 192 valence electrons. The number of carboxylic acids is 1. The van der Waals surface area contributed by atoms with Gasteiger partial charge in [-0.3, -0.25) is 0 Å². The first-order chi connectivity index (χ1) is 17.5. The summed E-state index contributed by atoms with van der Waals surface area (Å²) in [7, 11) is -3.30. The summed E-state index contributed by atoms with van der Waals surface area (Å²) in [6, 6.07) is 16.8. The van der Waals surface area contributed by atoms with Gasteiger partial charge in [0.25, 0.3) is 0 Å². The summed E-state index contributed by atoms with van der Waals surface area (Å²) in [5.41, 5.74) is 9.23. The van der Waals surface area contributed by atoms with Crippen molar-refractivity contribution in [1.82, 2.24) is 4.98 Å². The van der Waals surface area contributed by atoms with Crippen molar-refractivity contribution in [2.75, 3.05) is 6.26 Å². The fraction of sp³-hybridized carbons (Fsp3) is 0.185. The van der Waals surface area contributed by atoms with Crippen LogP contribution in [-0.2, 0) is 26.9 Å². The number of fused-ring (bicyclic) bond motifs is 1. The maximum atomic E-state index is 12.7. The van der Waals surface area contributed by atoms with Crippen LogP contribution >= 0.6 is 11.6 Å². The molecule has 0 unspecified atom stereocenters. The molecule has 4 rings (SSSR count). The van der Waals surface area contributed by atoms with Crippen LogP contribution in [-0.4, -0.2) is 36.7 Å². The fourth-order valence-electron chi connectivity index (χ4n) is 4.21. The molecular weight excluding hydrogens is 516 g/mol. The van der Waals surface area contributed by atoms with Gasteiger partial charge in [0.15, 0.2) is 9.84 Å². The number of H-pyrrole nitrogens is 1. The van der Waals surface area contributed by atoms with E-state index in [1.165, 1.54) is 0 Å². The van der Waals surface area contributed by atoms with Crippen LogP contribution in [0.2, 0.25) is 5.02 Å². The van der Waals surface area contributed by atoms with Crippen LogP contribution < -0.4 is 5.73 Å². The van der Waals surface area contributed by atoms with E-state index >= 15 is 0 Å². The van der Waals surface area contributed by atoms with Gasteiger partial charge in [0.05, 0.1) is 16.8 Å². The summed E-state index contributed by atoms with van der Waals surface area (Å²) in [5, 5.41) is 10.7. The number of aromatic nitrogens is 1. The molecule has 0 spiro atoms. The molecule has 1 atom stereocenters. The van der Waals surface area contributed by atoms with Crippen LogP contribution in [0.4, 0.5) is 0 Å². The zero-order chi connectivity index (χ0) is 26.9. The highest BCUT2D eigenvalue weighted by Crippen LogP contribution is 2.38. The number of carbonyl (C=O) groups is 2. The van der Waals surface area contributed by atoms with Gasteiger partial charge in [0.2, 0.25) is 0 Å². The molecule has 0 aliphatic heterocycles. The standard InChI is InChI=1S/C27H25ClN2O6S/c1-15(36-27(33)17-8-6-16(13-29)7-9-17)20-4-3-5-21-23(25(26(31)32)30-24(20)21)18-10-11-19(22(28)12-18)14-37(2,34)35/h3-12,15,30H,13-14,29H2,1-2H3,(H,31,32)/t15-/m0/s1. The van der Waals surface area contributed by atoms with Gasteiger partial charge in [-0.1, -0.05) is 54.1 Å². The van der Waals surface area contributed by atoms with Crippen LogP contribution in [0.25, 0.3) is 22.0 Å². The van der Waals surface area contributed by atoms with E-state index in [1.807, 2.05) is 0 Å². The number of hydrogen-bond acceptors (Lipinski definition) is 6. The van der Waals surface area contributed by atoms with Gasteiger partial charge >= 0.3 is 11.9 Å². The van der Waals surface area contributed by atoms with E-state index in [9.17, 15) is 23.1 Å². The number of ether oxygens (including phenoxy) is 1. The summed E-state index contributed by atoms with van der Waals surface area (Å²) in [5.74, 6) is -1.93. The van der Waals surface area contributed by atoms with Crippen molar-refractivity contribution in [2.24, 2.45) is 5.73 Å². The number of nitrogens with one attached hydrogen (secondary N) is 1. The smallest absolute Gasteiger partial charge is 0.352 e. The lowest BCUT2D eigenvalue weighted by molar-refractivity contribution is 0.0340. The van der Waals surface area contributed by atoms with Crippen molar-refractivity contribution in [3.05, 3.63) is 93.6 Å². The molecule has 4 aromatic rings. The van der Waals surface area contributed by atoms with Gasteiger partial charge in [-0.15, -0.1) is 0 Å². The lowest BCUT2D eigenvalue weighted by Gasteiger charge is -2.15. The molecule has 0 aliphatic rings. The largest absolute Gasteiger partial charge is 0.477 e. The van der Waals surface area contributed by atoms with E-state index < -0.39 is 27.9 Å². The number of halogens is 1. The zero-order valence-corrected chi connectivity index (χ0v) is 21.7. The van der Waals surface area contributed by atoms with Crippen LogP contribution in [0.3, 0.4) is 0 Å². The minimum absolute atomic E-state index is 0.0646. The number of aromatic amines is 1. The van der Waals surface area contributed by atoms with E-state index in [1.54, 1.807) is 67.6 Å². The van der Waals surface area contributed by atoms with E-state index in [0.29, 0.717) is 45.3 Å². The molecule has 0 fully saturated rings. The molecule has 0 bridgehead atoms. The van der Waals surface area contributed by atoms with Gasteiger partial charge in [-0.2, -0.15) is 0 Å². The summed E-state index contributed by atoms with van der Waals surface area (Å²) in [6.45, 7) is 2.07.